The summed E-state index contributed by atoms with van der Waals surface area (Å²) in [5.74, 6) is 0.0339. The van der Waals surface area contributed by atoms with E-state index in [9.17, 15) is 8.42 Å². The molecular formula is C15H23BO4S. The van der Waals surface area contributed by atoms with Gasteiger partial charge in [0.15, 0.2) is 9.84 Å². The maximum atomic E-state index is 11.5. The normalized spacial score (nSPS) is 20.8. The molecule has 116 valence electrons. The highest BCUT2D eigenvalue weighted by atomic mass is 32.2. The molecule has 0 bridgehead atoms. The van der Waals surface area contributed by atoms with E-state index in [1.807, 2.05) is 52.8 Å². The summed E-state index contributed by atoms with van der Waals surface area (Å²) in [6, 6.07) is 5.63. The molecule has 0 unspecified atom stereocenters. The molecule has 0 aromatic heterocycles. The maximum Gasteiger partial charge on any atom is 0.495 e. The molecule has 2 rings (SSSR count). The van der Waals surface area contributed by atoms with Crippen LogP contribution in [0, 0.1) is 6.92 Å². The minimum atomic E-state index is -3.07. The van der Waals surface area contributed by atoms with E-state index in [1.165, 1.54) is 6.26 Å². The van der Waals surface area contributed by atoms with Gasteiger partial charge >= 0.3 is 7.12 Å². The zero-order valence-corrected chi connectivity index (χ0v) is 14.4. The first-order chi connectivity index (χ1) is 9.43. The number of hydrogen-bond donors (Lipinski definition) is 0. The Labute approximate surface area is 127 Å². The molecule has 1 saturated heterocycles. The Morgan fingerprint density at radius 1 is 1.10 bits per heavy atom. The average Bonchev–Trinajstić information content (AvgIpc) is 2.49. The second-order valence-corrected chi connectivity index (χ2v) is 8.93. The fourth-order valence-corrected chi connectivity index (χ4v) is 3.25. The van der Waals surface area contributed by atoms with Gasteiger partial charge in [0, 0.05) is 6.26 Å². The summed E-state index contributed by atoms with van der Waals surface area (Å²) < 4.78 is 35.1. The third-order valence-electron chi connectivity index (χ3n) is 4.41. The van der Waals surface area contributed by atoms with Gasteiger partial charge in [0.1, 0.15) is 0 Å². The van der Waals surface area contributed by atoms with Crippen LogP contribution in [-0.2, 0) is 24.9 Å². The second-order valence-electron chi connectivity index (χ2n) is 6.79. The summed E-state index contributed by atoms with van der Waals surface area (Å²) >= 11 is 0. The van der Waals surface area contributed by atoms with Gasteiger partial charge < -0.3 is 9.31 Å². The first kappa shape index (κ1) is 16.5. The molecule has 1 heterocycles. The first-order valence-electron chi connectivity index (χ1n) is 7.05. The van der Waals surface area contributed by atoms with E-state index >= 15 is 0 Å². The van der Waals surface area contributed by atoms with Crippen molar-refractivity contribution in [2.45, 2.75) is 51.6 Å². The van der Waals surface area contributed by atoms with E-state index in [1.54, 1.807) is 0 Å². The smallest absolute Gasteiger partial charge is 0.399 e. The minimum Gasteiger partial charge on any atom is -0.399 e. The summed E-state index contributed by atoms with van der Waals surface area (Å²) in [5.41, 5.74) is 1.80. The fraction of sp³-hybridized carbons (Fsp3) is 0.600. The predicted octanol–water partition coefficient (Wildman–Crippen LogP) is 1.84. The monoisotopic (exact) mass is 310 g/mol. The largest absolute Gasteiger partial charge is 0.495 e. The van der Waals surface area contributed by atoms with Crippen LogP contribution in [0.2, 0.25) is 0 Å². The van der Waals surface area contributed by atoms with Gasteiger partial charge in [-0.1, -0.05) is 18.2 Å². The van der Waals surface area contributed by atoms with Crippen molar-refractivity contribution in [2.75, 3.05) is 6.26 Å². The third kappa shape index (κ3) is 3.33. The van der Waals surface area contributed by atoms with Crippen LogP contribution < -0.4 is 5.46 Å². The Hall–Kier alpha value is -0.845. The molecular weight excluding hydrogens is 287 g/mol. The van der Waals surface area contributed by atoms with Crippen LogP contribution in [-0.4, -0.2) is 33.0 Å². The summed E-state index contributed by atoms with van der Waals surface area (Å²) in [6.07, 6.45) is 1.24. The SMILES string of the molecule is Cc1c(CS(C)(=O)=O)cccc1B1OC(C)(C)C(C)(C)O1. The molecule has 1 aromatic rings. The van der Waals surface area contributed by atoms with Gasteiger partial charge in [-0.05, 0) is 51.2 Å². The highest BCUT2D eigenvalue weighted by Crippen LogP contribution is 2.36. The number of sulfone groups is 1. The van der Waals surface area contributed by atoms with Crippen LogP contribution in [0.15, 0.2) is 18.2 Å². The molecule has 1 aromatic carbocycles. The van der Waals surface area contributed by atoms with Gasteiger partial charge in [0.25, 0.3) is 0 Å². The average molecular weight is 310 g/mol. The third-order valence-corrected chi connectivity index (χ3v) is 5.25. The van der Waals surface area contributed by atoms with Crippen molar-refractivity contribution in [1.82, 2.24) is 0 Å². The van der Waals surface area contributed by atoms with Gasteiger partial charge in [0.2, 0.25) is 0 Å². The lowest BCUT2D eigenvalue weighted by atomic mass is 9.75. The first-order valence-corrected chi connectivity index (χ1v) is 9.11. The van der Waals surface area contributed by atoms with Crippen molar-refractivity contribution >= 4 is 22.4 Å². The lowest BCUT2D eigenvalue weighted by Crippen LogP contribution is -2.41. The zero-order valence-electron chi connectivity index (χ0n) is 13.6. The van der Waals surface area contributed by atoms with E-state index in [2.05, 4.69) is 0 Å². The van der Waals surface area contributed by atoms with Crippen molar-refractivity contribution < 1.29 is 17.7 Å². The van der Waals surface area contributed by atoms with Gasteiger partial charge in [-0.25, -0.2) is 8.42 Å². The van der Waals surface area contributed by atoms with E-state index in [4.69, 9.17) is 9.31 Å². The highest BCUT2D eigenvalue weighted by molar-refractivity contribution is 7.89. The molecule has 1 aliphatic heterocycles. The molecule has 1 aliphatic rings. The van der Waals surface area contributed by atoms with Crippen molar-refractivity contribution in [2.24, 2.45) is 0 Å². The molecule has 0 spiro atoms. The Kier molecular flexibility index (Phi) is 4.02. The molecule has 0 aliphatic carbocycles. The Balaban J connectivity index is 2.37. The van der Waals surface area contributed by atoms with E-state index < -0.39 is 28.2 Å². The van der Waals surface area contributed by atoms with Crippen LogP contribution in [0.1, 0.15) is 38.8 Å². The summed E-state index contributed by atoms with van der Waals surface area (Å²) in [7, 11) is -3.53. The number of benzene rings is 1. The van der Waals surface area contributed by atoms with Gasteiger partial charge in [-0.15, -0.1) is 0 Å². The van der Waals surface area contributed by atoms with Gasteiger partial charge in [0.05, 0.1) is 17.0 Å². The van der Waals surface area contributed by atoms with E-state index in [0.717, 1.165) is 16.6 Å². The van der Waals surface area contributed by atoms with Crippen molar-refractivity contribution in [3.63, 3.8) is 0 Å². The number of hydrogen-bond acceptors (Lipinski definition) is 4. The van der Waals surface area contributed by atoms with Crippen LogP contribution in [0.25, 0.3) is 0 Å². The predicted molar refractivity (Wildman–Crippen MR) is 85.4 cm³/mol. The van der Waals surface area contributed by atoms with Crippen molar-refractivity contribution in [3.05, 3.63) is 29.3 Å². The molecule has 1 fully saturated rings. The fourth-order valence-electron chi connectivity index (χ4n) is 2.37. The maximum absolute atomic E-state index is 11.5. The Morgan fingerprint density at radius 2 is 1.62 bits per heavy atom. The Bertz CT molecular complexity index is 634. The van der Waals surface area contributed by atoms with Crippen molar-refractivity contribution in [3.8, 4) is 0 Å². The van der Waals surface area contributed by atoms with Crippen LogP contribution in [0.3, 0.4) is 0 Å². The topological polar surface area (TPSA) is 52.6 Å². The molecule has 0 amide bonds. The molecule has 4 nitrogen and oxygen atoms in total. The van der Waals surface area contributed by atoms with E-state index in [0.29, 0.717) is 0 Å². The summed E-state index contributed by atoms with van der Waals surface area (Å²) in [4.78, 5) is 0. The van der Waals surface area contributed by atoms with Crippen LogP contribution >= 0.6 is 0 Å². The summed E-state index contributed by atoms with van der Waals surface area (Å²) in [6.45, 7) is 9.93. The van der Waals surface area contributed by atoms with Crippen molar-refractivity contribution in [1.29, 1.82) is 0 Å². The highest BCUT2D eigenvalue weighted by Gasteiger charge is 2.52. The second kappa shape index (κ2) is 5.11. The molecule has 0 atom stereocenters. The quantitative estimate of drug-likeness (QED) is 0.800. The molecule has 0 radical (unpaired) electrons. The Morgan fingerprint density at radius 3 is 2.10 bits per heavy atom. The molecule has 0 N–H and O–H groups in total. The lowest BCUT2D eigenvalue weighted by Gasteiger charge is -2.32. The molecule has 6 heteroatoms. The minimum absolute atomic E-state index is 0.0339. The number of rotatable bonds is 3. The molecule has 21 heavy (non-hydrogen) atoms. The van der Waals surface area contributed by atoms with Crippen LogP contribution in [0.5, 0.6) is 0 Å². The van der Waals surface area contributed by atoms with Gasteiger partial charge in [-0.3, -0.25) is 0 Å². The lowest BCUT2D eigenvalue weighted by molar-refractivity contribution is 0.00578. The zero-order chi connectivity index (χ0) is 16.1. The summed E-state index contributed by atoms with van der Waals surface area (Å²) in [5, 5.41) is 0. The van der Waals surface area contributed by atoms with E-state index in [-0.39, 0.29) is 5.75 Å². The standard InChI is InChI=1S/C15H23BO4S/c1-11-12(10-21(6,17)18)8-7-9-13(11)16-19-14(2,3)15(4,5)20-16/h7-9H,10H2,1-6H3. The van der Waals surface area contributed by atoms with Gasteiger partial charge in [-0.2, -0.15) is 0 Å². The molecule has 0 saturated carbocycles. The van der Waals surface area contributed by atoms with Crippen LogP contribution in [0.4, 0.5) is 0 Å².